The van der Waals surface area contributed by atoms with Crippen molar-refractivity contribution in [2.75, 3.05) is 17.9 Å². The first kappa shape index (κ1) is 18.7. The van der Waals surface area contributed by atoms with Crippen LogP contribution in [0.15, 0.2) is 23.1 Å². The zero-order valence-corrected chi connectivity index (χ0v) is 15.7. The third-order valence-electron chi connectivity index (χ3n) is 4.07. The number of aryl methyl sites for hydroxylation is 1. The number of fused-ring (bicyclic) bond motifs is 1. The summed E-state index contributed by atoms with van der Waals surface area (Å²) in [7, 11) is -3.80. The minimum absolute atomic E-state index is 0.0878. The van der Waals surface area contributed by atoms with Crippen molar-refractivity contribution < 1.29 is 18.3 Å². The summed E-state index contributed by atoms with van der Waals surface area (Å²) in [6.45, 7) is 2.04. The normalized spacial score (nSPS) is 15.4. The summed E-state index contributed by atoms with van der Waals surface area (Å²) in [5.41, 5.74) is 7.32. The number of rotatable bonds is 5. The summed E-state index contributed by atoms with van der Waals surface area (Å²) in [5.74, 6) is -0.353. The third kappa shape index (κ3) is 3.85. The molecule has 0 fully saturated rings. The second-order valence-corrected chi connectivity index (χ2v) is 8.83. The zero-order valence-electron chi connectivity index (χ0n) is 14.0. The average Bonchev–Trinajstić information content (AvgIpc) is 3.03. The number of nitrogens with zero attached hydrogens (tertiary/aromatic N) is 3. The molecular weight excluding hydrogens is 378 g/mol. The molecule has 26 heavy (non-hydrogen) atoms. The van der Waals surface area contributed by atoms with E-state index < -0.39 is 22.7 Å². The summed E-state index contributed by atoms with van der Waals surface area (Å²) in [4.78, 5) is 13.8. The number of aliphatic hydroxyl groups excluding tert-OH is 1. The molecule has 1 aliphatic rings. The first-order valence-corrected chi connectivity index (χ1v) is 10.2. The van der Waals surface area contributed by atoms with Gasteiger partial charge in [0.2, 0.25) is 11.0 Å². The van der Waals surface area contributed by atoms with Crippen molar-refractivity contribution in [1.29, 1.82) is 0 Å². The van der Waals surface area contributed by atoms with Crippen LogP contribution in [-0.4, -0.2) is 53.7 Å². The van der Waals surface area contributed by atoms with E-state index in [0.29, 0.717) is 18.0 Å². The second kappa shape index (κ2) is 7.27. The van der Waals surface area contributed by atoms with Crippen molar-refractivity contribution in [2.24, 2.45) is 5.73 Å². The van der Waals surface area contributed by atoms with E-state index in [-0.39, 0.29) is 22.5 Å². The van der Waals surface area contributed by atoms with Crippen LogP contribution in [-0.2, 0) is 27.8 Å². The van der Waals surface area contributed by atoms with Gasteiger partial charge in [-0.25, -0.2) is 8.42 Å². The van der Waals surface area contributed by atoms with Crippen LogP contribution < -0.4 is 10.5 Å². The summed E-state index contributed by atoms with van der Waals surface area (Å²) < 4.78 is 27.5. The number of sulfonamides is 1. The van der Waals surface area contributed by atoms with Crippen molar-refractivity contribution >= 4 is 32.4 Å². The monoisotopic (exact) mass is 397 g/mol. The third-order valence-corrected chi connectivity index (χ3v) is 6.29. The number of benzene rings is 1. The molecule has 0 saturated heterocycles. The van der Waals surface area contributed by atoms with Crippen LogP contribution in [0.3, 0.4) is 0 Å². The molecule has 1 unspecified atom stereocenters. The molecule has 1 amide bonds. The molecule has 0 bridgehead atoms. The predicted octanol–water partition coefficient (Wildman–Crippen LogP) is -0.148. The van der Waals surface area contributed by atoms with Gasteiger partial charge >= 0.3 is 0 Å². The van der Waals surface area contributed by atoms with Gasteiger partial charge in [-0.05, 0) is 36.6 Å². The molecular formula is C15H19N5O4S2. The maximum Gasteiger partial charge on any atom is 0.263 e. The Kier molecular flexibility index (Phi) is 5.23. The molecule has 1 atom stereocenters. The Morgan fingerprint density at radius 2 is 2.19 bits per heavy atom. The molecule has 0 radical (unpaired) electrons. The molecule has 0 saturated carbocycles. The maximum atomic E-state index is 12.6. The number of anilines is 1. The van der Waals surface area contributed by atoms with Gasteiger partial charge in [-0.2, -0.15) is 0 Å². The van der Waals surface area contributed by atoms with Gasteiger partial charge in [-0.15, -0.1) is 10.2 Å². The summed E-state index contributed by atoms with van der Waals surface area (Å²) in [5, 5.41) is 17.5. The molecule has 0 aliphatic carbocycles. The minimum atomic E-state index is -3.80. The average molecular weight is 397 g/mol. The molecule has 1 aliphatic heterocycles. The summed E-state index contributed by atoms with van der Waals surface area (Å²) >= 11 is 1.15. The lowest BCUT2D eigenvalue weighted by Gasteiger charge is -2.30. The molecule has 0 spiro atoms. The van der Waals surface area contributed by atoms with Gasteiger partial charge in [0, 0.05) is 13.1 Å². The van der Waals surface area contributed by atoms with Crippen LogP contribution in [0.5, 0.6) is 0 Å². The van der Waals surface area contributed by atoms with Crippen molar-refractivity contribution in [3.8, 4) is 0 Å². The van der Waals surface area contributed by atoms with E-state index in [2.05, 4.69) is 14.9 Å². The van der Waals surface area contributed by atoms with Gasteiger partial charge in [-0.3, -0.25) is 9.52 Å². The number of carbonyl (C=O) groups is 1. The van der Waals surface area contributed by atoms with E-state index in [1.54, 1.807) is 19.1 Å². The highest BCUT2D eigenvalue weighted by atomic mass is 32.2. The number of amides is 1. The van der Waals surface area contributed by atoms with E-state index in [9.17, 15) is 13.2 Å². The quantitative estimate of drug-likeness (QED) is 0.638. The second-order valence-electron chi connectivity index (χ2n) is 5.96. The Bertz CT molecular complexity index is 928. The van der Waals surface area contributed by atoms with E-state index in [0.717, 1.165) is 22.5 Å². The Balaban J connectivity index is 1.83. The van der Waals surface area contributed by atoms with E-state index in [1.807, 2.05) is 0 Å². The molecule has 3 rings (SSSR count). The maximum absolute atomic E-state index is 12.6. The van der Waals surface area contributed by atoms with Gasteiger partial charge in [0.25, 0.3) is 10.0 Å². The lowest BCUT2D eigenvalue weighted by molar-refractivity contribution is -0.134. The fourth-order valence-electron chi connectivity index (χ4n) is 2.71. The standard InChI is InChI=1S/C15H19N5O4S2/c1-9-17-18-15(25-9)19-26(23,24)12-3-2-10-4-5-20(7-11(10)6-12)14(22)13(16)8-21/h2-3,6,13,21H,4-5,7-8,16H2,1H3,(H,18,19). The molecule has 140 valence electrons. The smallest absolute Gasteiger partial charge is 0.263 e. The number of aromatic nitrogens is 2. The van der Waals surface area contributed by atoms with Crippen LogP contribution in [0, 0.1) is 6.92 Å². The van der Waals surface area contributed by atoms with Crippen molar-refractivity contribution in [2.45, 2.75) is 30.8 Å². The van der Waals surface area contributed by atoms with E-state index in [4.69, 9.17) is 10.8 Å². The molecule has 1 aromatic heterocycles. The molecule has 11 heteroatoms. The summed E-state index contributed by atoms with van der Waals surface area (Å²) in [6, 6.07) is 3.87. The molecule has 9 nitrogen and oxygen atoms in total. The zero-order chi connectivity index (χ0) is 18.9. The fraction of sp³-hybridized carbons (Fsp3) is 0.400. The highest BCUT2D eigenvalue weighted by molar-refractivity contribution is 7.93. The number of aliphatic hydroxyl groups is 1. The van der Waals surface area contributed by atoms with Crippen LogP contribution >= 0.6 is 11.3 Å². The molecule has 2 aromatic rings. The minimum Gasteiger partial charge on any atom is -0.394 e. The Labute approximate surface area is 154 Å². The largest absolute Gasteiger partial charge is 0.394 e. The lowest BCUT2D eigenvalue weighted by Crippen LogP contribution is -2.47. The van der Waals surface area contributed by atoms with Gasteiger partial charge in [-0.1, -0.05) is 17.4 Å². The fourth-order valence-corrected chi connectivity index (χ4v) is 4.59. The number of hydrogen-bond donors (Lipinski definition) is 3. The van der Waals surface area contributed by atoms with E-state index >= 15 is 0 Å². The van der Waals surface area contributed by atoms with Crippen LogP contribution in [0.1, 0.15) is 16.1 Å². The van der Waals surface area contributed by atoms with Crippen LogP contribution in [0.2, 0.25) is 0 Å². The van der Waals surface area contributed by atoms with Crippen molar-refractivity contribution in [1.82, 2.24) is 15.1 Å². The summed E-state index contributed by atoms with van der Waals surface area (Å²) in [6.07, 6.45) is 0.600. The van der Waals surface area contributed by atoms with Gasteiger partial charge in [0.15, 0.2) is 0 Å². The molecule has 1 aromatic carbocycles. The van der Waals surface area contributed by atoms with Gasteiger partial charge < -0.3 is 15.7 Å². The lowest BCUT2D eigenvalue weighted by atomic mass is 9.99. The van der Waals surface area contributed by atoms with Crippen molar-refractivity contribution in [3.05, 3.63) is 34.3 Å². The van der Waals surface area contributed by atoms with Crippen LogP contribution in [0.25, 0.3) is 0 Å². The first-order chi connectivity index (χ1) is 12.3. The SMILES string of the molecule is Cc1nnc(NS(=O)(=O)c2ccc3c(c2)CN(C(=O)C(N)CO)CC3)s1. The number of nitrogens with two attached hydrogens (primary N) is 1. The Hall–Kier alpha value is -2.08. The van der Waals surface area contributed by atoms with Crippen molar-refractivity contribution in [3.63, 3.8) is 0 Å². The Morgan fingerprint density at radius 3 is 2.85 bits per heavy atom. The predicted molar refractivity (Wildman–Crippen MR) is 96.1 cm³/mol. The number of hydrogen-bond acceptors (Lipinski definition) is 8. The first-order valence-electron chi connectivity index (χ1n) is 7.90. The van der Waals surface area contributed by atoms with E-state index in [1.165, 1.54) is 11.0 Å². The number of carbonyl (C=O) groups excluding carboxylic acids is 1. The number of nitrogens with one attached hydrogen (secondary N) is 1. The van der Waals surface area contributed by atoms with Gasteiger partial charge in [0.1, 0.15) is 11.0 Å². The molecule has 2 heterocycles. The van der Waals surface area contributed by atoms with Gasteiger partial charge in [0.05, 0.1) is 11.5 Å². The molecule has 4 N–H and O–H groups in total. The topological polar surface area (TPSA) is 139 Å². The Morgan fingerprint density at radius 1 is 1.42 bits per heavy atom. The highest BCUT2D eigenvalue weighted by Gasteiger charge is 2.26. The highest BCUT2D eigenvalue weighted by Crippen LogP contribution is 2.25. The van der Waals surface area contributed by atoms with Crippen LogP contribution in [0.4, 0.5) is 5.13 Å².